The van der Waals surface area contributed by atoms with Crippen molar-refractivity contribution in [2.24, 2.45) is 0 Å². The van der Waals surface area contributed by atoms with E-state index >= 15 is 0 Å². The largest absolute Gasteiger partial charge is 0.497 e. The van der Waals surface area contributed by atoms with E-state index in [4.69, 9.17) is 4.74 Å². The molecule has 3 nitrogen and oxygen atoms in total. The summed E-state index contributed by atoms with van der Waals surface area (Å²) < 4.78 is 6.36. The van der Waals surface area contributed by atoms with Crippen molar-refractivity contribution in [2.75, 3.05) is 14.2 Å². The zero-order valence-corrected chi connectivity index (χ0v) is 12.6. The van der Waals surface area contributed by atoms with Crippen LogP contribution in [0.3, 0.4) is 0 Å². The monoisotopic (exact) mass is 320 g/mol. The number of nitrogens with zero attached hydrogens (tertiary/aromatic N) is 1. The average Bonchev–Trinajstić information content (AvgIpc) is 2.47. The summed E-state index contributed by atoms with van der Waals surface area (Å²) in [6.07, 6.45) is 2.67. The molecule has 0 fully saturated rings. The summed E-state index contributed by atoms with van der Waals surface area (Å²) in [6.45, 7) is 0. The predicted molar refractivity (Wildman–Crippen MR) is 80.4 cm³/mol. The van der Waals surface area contributed by atoms with Crippen LogP contribution in [0.4, 0.5) is 0 Å². The molecule has 0 aliphatic rings. The summed E-state index contributed by atoms with van der Waals surface area (Å²) in [5, 5.41) is 3.31. The first kappa shape index (κ1) is 14.0. The summed E-state index contributed by atoms with van der Waals surface area (Å²) in [5.41, 5.74) is 2.24. The van der Waals surface area contributed by atoms with E-state index in [2.05, 4.69) is 32.3 Å². The van der Waals surface area contributed by atoms with Gasteiger partial charge in [-0.25, -0.2) is 0 Å². The first-order valence-corrected chi connectivity index (χ1v) is 6.94. The summed E-state index contributed by atoms with van der Waals surface area (Å²) in [4.78, 5) is 4.41. The van der Waals surface area contributed by atoms with Gasteiger partial charge in [0.25, 0.3) is 0 Å². The van der Waals surface area contributed by atoms with Crippen molar-refractivity contribution >= 4 is 15.9 Å². The number of pyridine rings is 1. The first-order chi connectivity index (χ1) is 9.24. The molecule has 1 aromatic heterocycles. The van der Waals surface area contributed by atoms with E-state index in [9.17, 15) is 0 Å². The van der Waals surface area contributed by atoms with E-state index in [-0.39, 0.29) is 6.04 Å². The van der Waals surface area contributed by atoms with Gasteiger partial charge in [-0.3, -0.25) is 4.98 Å². The van der Waals surface area contributed by atoms with E-state index < -0.39 is 0 Å². The van der Waals surface area contributed by atoms with Gasteiger partial charge in [-0.05, 0) is 49.4 Å². The van der Waals surface area contributed by atoms with Crippen LogP contribution >= 0.6 is 15.9 Å². The molecule has 0 saturated carbocycles. The predicted octanol–water partition coefficient (Wildman–Crippen LogP) is 3.36. The number of halogens is 1. The highest BCUT2D eigenvalue weighted by Crippen LogP contribution is 2.26. The lowest BCUT2D eigenvalue weighted by molar-refractivity contribution is 0.413. The smallest absolute Gasteiger partial charge is 0.119 e. The average molecular weight is 321 g/mol. The van der Waals surface area contributed by atoms with Crippen molar-refractivity contribution in [1.82, 2.24) is 10.3 Å². The van der Waals surface area contributed by atoms with Crippen LogP contribution in [0.15, 0.2) is 47.1 Å². The van der Waals surface area contributed by atoms with Gasteiger partial charge in [0.15, 0.2) is 0 Å². The molecule has 100 valence electrons. The van der Waals surface area contributed by atoms with E-state index in [0.717, 1.165) is 22.3 Å². The number of methoxy groups -OCH3 is 1. The zero-order chi connectivity index (χ0) is 13.7. The molecule has 0 amide bonds. The van der Waals surface area contributed by atoms with Gasteiger partial charge >= 0.3 is 0 Å². The van der Waals surface area contributed by atoms with Crippen LogP contribution in [0.1, 0.15) is 17.3 Å². The van der Waals surface area contributed by atoms with Crippen LogP contribution in [-0.4, -0.2) is 19.1 Å². The molecule has 0 aliphatic carbocycles. The van der Waals surface area contributed by atoms with Crippen LogP contribution in [0.5, 0.6) is 5.75 Å². The number of aromatic nitrogens is 1. The Balaban J connectivity index is 2.23. The lowest BCUT2D eigenvalue weighted by atomic mass is 10.0. The van der Waals surface area contributed by atoms with Gasteiger partial charge in [0.2, 0.25) is 0 Å². The molecule has 0 aliphatic heterocycles. The van der Waals surface area contributed by atoms with E-state index in [1.165, 1.54) is 5.56 Å². The second-order valence-electron chi connectivity index (χ2n) is 4.26. The molecule has 2 rings (SSSR count). The molecule has 4 heteroatoms. The summed E-state index contributed by atoms with van der Waals surface area (Å²) in [6, 6.07) is 12.2. The lowest BCUT2D eigenvalue weighted by Gasteiger charge is -2.17. The molecular weight excluding hydrogens is 304 g/mol. The maximum atomic E-state index is 5.27. The molecule has 1 aromatic carbocycles. The molecule has 2 aromatic rings. The Morgan fingerprint density at radius 3 is 2.79 bits per heavy atom. The highest BCUT2D eigenvalue weighted by molar-refractivity contribution is 9.10. The van der Waals surface area contributed by atoms with Crippen molar-refractivity contribution in [3.8, 4) is 5.75 Å². The normalized spacial score (nSPS) is 12.2. The number of rotatable bonds is 5. The van der Waals surface area contributed by atoms with Crippen molar-refractivity contribution in [3.63, 3.8) is 0 Å². The highest BCUT2D eigenvalue weighted by Gasteiger charge is 2.13. The third kappa shape index (κ3) is 3.55. The molecule has 1 unspecified atom stereocenters. The number of nitrogens with one attached hydrogen (secondary N) is 1. The Morgan fingerprint density at radius 1 is 1.32 bits per heavy atom. The van der Waals surface area contributed by atoms with Gasteiger partial charge in [-0.2, -0.15) is 0 Å². The third-order valence-electron chi connectivity index (χ3n) is 3.07. The van der Waals surface area contributed by atoms with Gasteiger partial charge in [-0.1, -0.05) is 22.0 Å². The Bertz CT molecular complexity index is 531. The fourth-order valence-electron chi connectivity index (χ4n) is 1.99. The molecular formula is C15H17BrN2O. The maximum absolute atomic E-state index is 5.27. The van der Waals surface area contributed by atoms with Crippen molar-refractivity contribution in [1.29, 1.82) is 0 Å². The summed E-state index contributed by atoms with van der Waals surface area (Å²) in [5.74, 6) is 0.870. The molecule has 0 saturated heterocycles. The minimum Gasteiger partial charge on any atom is -0.497 e. The zero-order valence-electron chi connectivity index (χ0n) is 11.1. The van der Waals surface area contributed by atoms with Crippen molar-refractivity contribution in [3.05, 3.63) is 58.3 Å². The van der Waals surface area contributed by atoms with E-state index in [1.54, 1.807) is 7.11 Å². The highest BCUT2D eigenvalue weighted by atomic mass is 79.9. The van der Waals surface area contributed by atoms with Crippen LogP contribution in [-0.2, 0) is 6.42 Å². The maximum Gasteiger partial charge on any atom is 0.119 e. The molecule has 19 heavy (non-hydrogen) atoms. The molecule has 1 heterocycles. The molecule has 1 N–H and O–H groups in total. The topological polar surface area (TPSA) is 34.1 Å². The fraction of sp³-hybridized carbons (Fsp3) is 0.267. The van der Waals surface area contributed by atoms with Gasteiger partial charge in [-0.15, -0.1) is 0 Å². The van der Waals surface area contributed by atoms with E-state index in [1.807, 2.05) is 43.6 Å². The number of hydrogen-bond acceptors (Lipinski definition) is 3. The fourth-order valence-corrected chi connectivity index (χ4v) is 2.40. The van der Waals surface area contributed by atoms with Crippen LogP contribution in [0.2, 0.25) is 0 Å². The van der Waals surface area contributed by atoms with Gasteiger partial charge in [0.05, 0.1) is 18.8 Å². The Labute approximate surface area is 122 Å². The van der Waals surface area contributed by atoms with Gasteiger partial charge in [0.1, 0.15) is 5.75 Å². The first-order valence-electron chi connectivity index (χ1n) is 6.15. The van der Waals surface area contributed by atoms with Crippen LogP contribution < -0.4 is 10.1 Å². The standard InChI is InChI=1S/C15H17BrN2O/c1-17-15(14-5-3-4-8-18-14)10-11-9-12(19-2)6-7-13(11)16/h3-9,15,17H,10H2,1-2H3. The van der Waals surface area contributed by atoms with Gasteiger partial charge in [0, 0.05) is 10.7 Å². The number of ether oxygens (including phenoxy) is 1. The number of benzene rings is 1. The second kappa shape index (κ2) is 6.68. The Hall–Kier alpha value is -1.39. The summed E-state index contributed by atoms with van der Waals surface area (Å²) >= 11 is 3.59. The van der Waals surface area contributed by atoms with Gasteiger partial charge < -0.3 is 10.1 Å². The third-order valence-corrected chi connectivity index (χ3v) is 3.84. The lowest BCUT2D eigenvalue weighted by Crippen LogP contribution is -2.20. The number of hydrogen-bond donors (Lipinski definition) is 1. The second-order valence-corrected chi connectivity index (χ2v) is 5.11. The van der Waals surface area contributed by atoms with Crippen molar-refractivity contribution < 1.29 is 4.74 Å². The molecule has 0 bridgehead atoms. The Kier molecular flexibility index (Phi) is 4.93. The molecule has 1 atom stereocenters. The molecule has 0 radical (unpaired) electrons. The van der Waals surface area contributed by atoms with Crippen LogP contribution in [0.25, 0.3) is 0 Å². The minimum absolute atomic E-state index is 0.185. The van der Waals surface area contributed by atoms with Crippen molar-refractivity contribution in [2.45, 2.75) is 12.5 Å². The molecule has 0 spiro atoms. The minimum atomic E-state index is 0.185. The Morgan fingerprint density at radius 2 is 2.16 bits per heavy atom. The quantitative estimate of drug-likeness (QED) is 0.917. The SMILES string of the molecule is CNC(Cc1cc(OC)ccc1Br)c1ccccn1. The number of likely N-dealkylation sites (N-methyl/N-ethyl adjacent to an activating group) is 1. The van der Waals surface area contributed by atoms with E-state index in [0.29, 0.717) is 0 Å². The summed E-state index contributed by atoms with van der Waals surface area (Å²) in [7, 11) is 3.63. The van der Waals surface area contributed by atoms with Crippen LogP contribution in [0, 0.1) is 0 Å².